The van der Waals surface area contributed by atoms with E-state index >= 15 is 0 Å². The molecule has 0 spiro atoms. The first-order chi connectivity index (χ1) is 14.8. The molecule has 5 atom stereocenters. The highest BCUT2D eigenvalue weighted by atomic mass is 19.1. The van der Waals surface area contributed by atoms with Crippen LogP contribution in [0.25, 0.3) is 0 Å². The molecule has 4 N–H and O–H groups in total. The van der Waals surface area contributed by atoms with Gasteiger partial charge in [-0.1, -0.05) is 43.5 Å². The highest BCUT2D eigenvalue weighted by Crippen LogP contribution is 2.37. The van der Waals surface area contributed by atoms with Crippen LogP contribution in [0.2, 0.25) is 0 Å². The number of benzene rings is 1. The molecule has 0 aliphatic heterocycles. The number of oxime groups is 1. The quantitative estimate of drug-likeness (QED) is 0.208. The van der Waals surface area contributed by atoms with Gasteiger partial charge in [0.1, 0.15) is 5.82 Å². The van der Waals surface area contributed by atoms with E-state index in [0.717, 1.165) is 31.2 Å². The molecule has 1 aliphatic rings. The van der Waals surface area contributed by atoms with E-state index in [0.29, 0.717) is 37.8 Å². The molecule has 0 radical (unpaired) electrons. The Kier molecular flexibility index (Phi) is 10.4. The molecule has 174 valence electrons. The summed E-state index contributed by atoms with van der Waals surface area (Å²) in [4.78, 5) is 10.6. The molecule has 1 aromatic carbocycles. The van der Waals surface area contributed by atoms with Crippen LogP contribution in [0.3, 0.4) is 0 Å². The summed E-state index contributed by atoms with van der Waals surface area (Å²) >= 11 is 0. The van der Waals surface area contributed by atoms with Crippen molar-refractivity contribution in [3.63, 3.8) is 0 Å². The summed E-state index contributed by atoms with van der Waals surface area (Å²) in [6.45, 7) is 1.94. The predicted octanol–water partition coefficient (Wildman–Crippen LogP) is 4.40. The van der Waals surface area contributed by atoms with Crippen molar-refractivity contribution in [2.24, 2.45) is 22.9 Å². The summed E-state index contributed by atoms with van der Waals surface area (Å²) in [5.41, 5.74) is 1.44. The van der Waals surface area contributed by atoms with Crippen molar-refractivity contribution in [3.05, 3.63) is 35.6 Å². The van der Waals surface area contributed by atoms with Crippen molar-refractivity contribution in [3.8, 4) is 0 Å². The SMILES string of the molecule is CC(Cc1cccc(F)c1)C(O)CCC1/C(=N\O)CC(O)C1CCCCCCC(=O)O. The summed E-state index contributed by atoms with van der Waals surface area (Å²) in [6.07, 6.45) is 5.19. The number of carboxylic acids is 1. The fourth-order valence-electron chi connectivity index (χ4n) is 4.74. The van der Waals surface area contributed by atoms with Crippen LogP contribution in [-0.2, 0) is 11.2 Å². The molecule has 0 heterocycles. The molecule has 1 saturated carbocycles. The van der Waals surface area contributed by atoms with Gasteiger partial charge in [-0.05, 0) is 61.6 Å². The molecule has 1 fully saturated rings. The Labute approximate surface area is 183 Å². The fraction of sp³-hybridized carbons (Fsp3) is 0.667. The van der Waals surface area contributed by atoms with Crippen molar-refractivity contribution >= 4 is 11.7 Å². The molecule has 0 aromatic heterocycles. The lowest BCUT2D eigenvalue weighted by atomic mass is 9.83. The normalized spacial score (nSPS) is 24.4. The summed E-state index contributed by atoms with van der Waals surface area (Å²) < 4.78 is 13.4. The zero-order chi connectivity index (χ0) is 22.8. The zero-order valence-corrected chi connectivity index (χ0v) is 18.3. The minimum atomic E-state index is -0.778. The van der Waals surface area contributed by atoms with Crippen molar-refractivity contribution in [1.29, 1.82) is 0 Å². The van der Waals surface area contributed by atoms with Crippen molar-refractivity contribution in [2.45, 2.75) is 83.3 Å². The largest absolute Gasteiger partial charge is 0.481 e. The van der Waals surface area contributed by atoms with Gasteiger partial charge in [-0.25, -0.2) is 4.39 Å². The minimum Gasteiger partial charge on any atom is -0.481 e. The molecule has 0 saturated heterocycles. The third-order valence-electron chi connectivity index (χ3n) is 6.54. The number of nitrogens with zero attached hydrogens (tertiary/aromatic N) is 1. The van der Waals surface area contributed by atoms with E-state index in [1.807, 2.05) is 13.0 Å². The molecule has 7 heteroatoms. The maximum Gasteiger partial charge on any atom is 0.303 e. The Bertz CT molecular complexity index is 726. The minimum absolute atomic E-state index is 0.0175. The number of carbonyl (C=O) groups is 1. The number of unbranched alkanes of at least 4 members (excludes halogenated alkanes) is 3. The van der Waals surface area contributed by atoms with Gasteiger partial charge >= 0.3 is 5.97 Å². The van der Waals surface area contributed by atoms with Gasteiger partial charge in [-0.2, -0.15) is 0 Å². The van der Waals surface area contributed by atoms with Gasteiger partial charge in [0.25, 0.3) is 0 Å². The summed E-state index contributed by atoms with van der Waals surface area (Å²) in [5, 5.41) is 42.6. The highest BCUT2D eigenvalue weighted by molar-refractivity contribution is 5.89. The highest BCUT2D eigenvalue weighted by Gasteiger charge is 2.39. The Morgan fingerprint density at radius 1 is 1.23 bits per heavy atom. The predicted molar refractivity (Wildman–Crippen MR) is 117 cm³/mol. The van der Waals surface area contributed by atoms with E-state index in [1.54, 1.807) is 6.07 Å². The monoisotopic (exact) mass is 437 g/mol. The van der Waals surface area contributed by atoms with Gasteiger partial charge in [-0.15, -0.1) is 0 Å². The molecule has 5 unspecified atom stereocenters. The Morgan fingerprint density at radius 2 is 1.97 bits per heavy atom. The Hall–Kier alpha value is -1.99. The average molecular weight is 438 g/mol. The Balaban J connectivity index is 1.83. The molecule has 0 bridgehead atoms. The van der Waals surface area contributed by atoms with Crippen LogP contribution in [0.4, 0.5) is 4.39 Å². The Morgan fingerprint density at radius 3 is 2.65 bits per heavy atom. The number of aliphatic hydroxyl groups excluding tert-OH is 2. The second kappa shape index (κ2) is 12.8. The third-order valence-corrected chi connectivity index (χ3v) is 6.54. The van der Waals surface area contributed by atoms with Crippen LogP contribution in [0.1, 0.15) is 70.3 Å². The van der Waals surface area contributed by atoms with Crippen LogP contribution in [0, 0.1) is 23.6 Å². The lowest BCUT2D eigenvalue weighted by molar-refractivity contribution is -0.137. The van der Waals surface area contributed by atoms with E-state index in [2.05, 4.69) is 5.16 Å². The first kappa shape index (κ1) is 25.3. The number of hydrogen-bond acceptors (Lipinski definition) is 5. The molecule has 31 heavy (non-hydrogen) atoms. The number of aliphatic hydroxyl groups is 2. The summed E-state index contributed by atoms with van der Waals surface area (Å²) in [7, 11) is 0. The zero-order valence-electron chi connectivity index (χ0n) is 18.3. The van der Waals surface area contributed by atoms with Crippen LogP contribution in [0.5, 0.6) is 0 Å². The molecule has 6 nitrogen and oxygen atoms in total. The number of rotatable bonds is 13. The topological polar surface area (TPSA) is 110 Å². The van der Waals surface area contributed by atoms with Gasteiger partial charge in [0.2, 0.25) is 0 Å². The molecule has 1 aromatic rings. The molecule has 0 amide bonds. The van der Waals surface area contributed by atoms with Crippen molar-refractivity contribution in [2.75, 3.05) is 0 Å². The second-order valence-electron chi connectivity index (χ2n) is 8.94. The van der Waals surface area contributed by atoms with Crippen LogP contribution >= 0.6 is 0 Å². The average Bonchev–Trinajstić information content (AvgIpc) is 3.03. The smallest absolute Gasteiger partial charge is 0.303 e. The molecule has 1 aliphatic carbocycles. The van der Waals surface area contributed by atoms with Gasteiger partial charge in [0.05, 0.1) is 17.9 Å². The van der Waals surface area contributed by atoms with E-state index in [4.69, 9.17) is 5.11 Å². The third kappa shape index (κ3) is 8.22. The van der Waals surface area contributed by atoms with Gasteiger partial charge in [-0.3, -0.25) is 4.79 Å². The van der Waals surface area contributed by atoms with E-state index < -0.39 is 18.2 Å². The summed E-state index contributed by atoms with van der Waals surface area (Å²) in [6, 6.07) is 6.40. The van der Waals surface area contributed by atoms with Gasteiger partial charge in [0, 0.05) is 18.8 Å². The first-order valence-electron chi connectivity index (χ1n) is 11.3. The van der Waals surface area contributed by atoms with Crippen LogP contribution in [-0.4, -0.2) is 44.4 Å². The standard InChI is InChI=1S/C24H36FNO5/c1-16(13-17-7-6-8-18(25)14-17)22(27)12-11-19-20(23(28)15-21(19)26-31)9-4-2-3-5-10-24(29)30/h6-8,14,16,19-20,22-23,27-28,31H,2-5,9-13,15H2,1H3,(H,29,30)/b26-21-. The molecular weight excluding hydrogens is 401 g/mol. The second-order valence-corrected chi connectivity index (χ2v) is 8.94. The maximum atomic E-state index is 13.4. The number of hydrogen-bond donors (Lipinski definition) is 4. The van der Waals surface area contributed by atoms with Crippen molar-refractivity contribution in [1.82, 2.24) is 0 Å². The van der Waals surface area contributed by atoms with Gasteiger partial charge < -0.3 is 20.5 Å². The van der Waals surface area contributed by atoms with E-state index in [9.17, 15) is 24.6 Å². The van der Waals surface area contributed by atoms with Crippen LogP contribution in [0.15, 0.2) is 29.4 Å². The van der Waals surface area contributed by atoms with E-state index in [-0.39, 0.29) is 30.0 Å². The van der Waals surface area contributed by atoms with Crippen molar-refractivity contribution < 1.29 is 29.7 Å². The van der Waals surface area contributed by atoms with Crippen LogP contribution < -0.4 is 0 Å². The maximum absolute atomic E-state index is 13.4. The van der Waals surface area contributed by atoms with E-state index in [1.165, 1.54) is 12.1 Å². The number of carboxylic acid groups (broad SMARTS) is 1. The molecule has 2 rings (SSSR count). The van der Waals surface area contributed by atoms with Gasteiger partial charge in [0.15, 0.2) is 0 Å². The fourth-order valence-corrected chi connectivity index (χ4v) is 4.74. The number of halogens is 1. The molecular formula is C24H36FNO5. The number of aliphatic carboxylic acids is 1. The summed E-state index contributed by atoms with van der Waals surface area (Å²) in [5.74, 6) is -1.20. The lowest BCUT2D eigenvalue weighted by Gasteiger charge is -2.25. The lowest BCUT2D eigenvalue weighted by Crippen LogP contribution is -2.25. The first-order valence-corrected chi connectivity index (χ1v) is 11.3.